The molecule has 0 amide bonds. The number of benzene rings is 1. The first-order valence-electron chi connectivity index (χ1n) is 6.92. The lowest BCUT2D eigenvalue weighted by atomic mass is 10.0. The number of halogens is 2. The van der Waals surface area contributed by atoms with Crippen molar-refractivity contribution in [2.24, 2.45) is 0 Å². The third-order valence-electron chi connectivity index (χ3n) is 3.80. The van der Waals surface area contributed by atoms with Gasteiger partial charge in [0.1, 0.15) is 11.8 Å². The van der Waals surface area contributed by atoms with Crippen molar-refractivity contribution in [3.8, 4) is 17.3 Å². The molecule has 1 heterocycles. The fraction of sp³-hybridized carbons (Fsp3) is 0.312. The van der Waals surface area contributed by atoms with Gasteiger partial charge >= 0.3 is 0 Å². The highest BCUT2D eigenvalue weighted by atomic mass is 32.2. The first kappa shape index (κ1) is 16.2. The fourth-order valence-corrected chi connectivity index (χ4v) is 3.61. The standard InChI is InChI=1S/C16H13F2N3S2/c1-22-12-7-9(3-4-10(12)8-19)13-11-5-6-16(17,18)14(11)21-15(20-13)23-2/h3-4,7H,5-6H2,1-2H3. The minimum Gasteiger partial charge on any atom is -0.222 e. The van der Waals surface area contributed by atoms with Crippen LogP contribution in [0.4, 0.5) is 8.78 Å². The number of nitriles is 1. The third kappa shape index (κ3) is 2.81. The van der Waals surface area contributed by atoms with Gasteiger partial charge < -0.3 is 0 Å². The lowest BCUT2D eigenvalue weighted by Crippen LogP contribution is -2.11. The van der Waals surface area contributed by atoms with Crippen LogP contribution >= 0.6 is 23.5 Å². The Labute approximate surface area is 141 Å². The van der Waals surface area contributed by atoms with Crippen LogP contribution < -0.4 is 0 Å². The number of aromatic nitrogens is 2. The van der Waals surface area contributed by atoms with E-state index >= 15 is 0 Å². The average molecular weight is 349 g/mol. The number of thioether (sulfide) groups is 2. The summed E-state index contributed by atoms with van der Waals surface area (Å²) < 4.78 is 28.1. The summed E-state index contributed by atoms with van der Waals surface area (Å²) in [5.74, 6) is -2.90. The third-order valence-corrected chi connectivity index (χ3v) is 5.13. The van der Waals surface area contributed by atoms with Crippen molar-refractivity contribution in [2.75, 3.05) is 12.5 Å². The molecule has 23 heavy (non-hydrogen) atoms. The number of rotatable bonds is 3. The summed E-state index contributed by atoms with van der Waals surface area (Å²) >= 11 is 2.70. The summed E-state index contributed by atoms with van der Waals surface area (Å²) in [6.07, 6.45) is 3.69. The maximum absolute atomic E-state index is 14.1. The molecule has 0 atom stereocenters. The van der Waals surface area contributed by atoms with Crippen LogP contribution in [-0.4, -0.2) is 22.5 Å². The van der Waals surface area contributed by atoms with Gasteiger partial charge in [-0.05, 0) is 31.1 Å². The molecular weight excluding hydrogens is 336 g/mol. The van der Waals surface area contributed by atoms with Gasteiger partial charge in [-0.1, -0.05) is 17.8 Å². The summed E-state index contributed by atoms with van der Waals surface area (Å²) in [7, 11) is 0. The number of alkyl halides is 2. The second-order valence-corrected chi connectivity index (χ2v) is 6.74. The second-order valence-electron chi connectivity index (χ2n) is 5.12. The van der Waals surface area contributed by atoms with Crippen LogP contribution in [-0.2, 0) is 12.3 Å². The van der Waals surface area contributed by atoms with E-state index in [1.807, 2.05) is 12.3 Å². The molecule has 1 aromatic carbocycles. The predicted molar refractivity (Wildman–Crippen MR) is 88.0 cm³/mol. The van der Waals surface area contributed by atoms with Gasteiger partial charge in [0.05, 0.1) is 11.3 Å². The smallest absolute Gasteiger partial charge is 0.222 e. The fourth-order valence-electron chi connectivity index (χ4n) is 2.66. The zero-order valence-electron chi connectivity index (χ0n) is 12.6. The van der Waals surface area contributed by atoms with Crippen molar-refractivity contribution in [3.05, 3.63) is 35.0 Å². The molecule has 0 spiro atoms. The van der Waals surface area contributed by atoms with Crippen LogP contribution in [0.2, 0.25) is 0 Å². The van der Waals surface area contributed by atoms with Gasteiger partial charge in [0.2, 0.25) is 0 Å². The van der Waals surface area contributed by atoms with Crippen molar-refractivity contribution in [1.29, 1.82) is 5.26 Å². The molecule has 0 unspecified atom stereocenters. The largest absolute Gasteiger partial charge is 0.290 e. The quantitative estimate of drug-likeness (QED) is 0.603. The van der Waals surface area contributed by atoms with Crippen LogP contribution in [0.25, 0.3) is 11.3 Å². The van der Waals surface area contributed by atoms with Crippen molar-refractivity contribution in [1.82, 2.24) is 9.97 Å². The number of nitrogens with zero attached hydrogens (tertiary/aromatic N) is 3. The lowest BCUT2D eigenvalue weighted by Gasteiger charge is -2.13. The summed E-state index contributed by atoms with van der Waals surface area (Å²) in [5.41, 5.74) is 2.24. The van der Waals surface area contributed by atoms with Crippen LogP contribution in [0.15, 0.2) is 28.3 Å². The molecule has 2 aromatic rings. The van der Waals surface area contributed by atoms with Gasteiger partial charge in [-0.3, -0.25) is 0 Å². The molecule has 0 saturated heterocycles. The van der Waals surface area contributed by atoms with Gasteiger partial charge in [0.15, 0.2) is 5.16 Å². The summed E-state index contributed by atoms with van der Waals surface area (Å²) in [4.78, 5) is 9.30. The first-order chi connectivity index (χ1) is 11.0. The molecule has 0 bridgehead atoms. The molecule has 0 saturated carbocycles. The molecule has 3 nitrogen and oxygen atoms in total. The van der Waals surface area contributed by atoms with Crippen LogP contribution in [0.1, 0.15) is 23.2 Å². The Kier molecular flexibility index (Phi) is 4.30. The molecule has 3 rings (SSSR count). The van der Waals surface area contributed by atoms with Crippen LogP contribution in [0, 0.1) is 11.3 Å². The average Bonchev–Trinajstić information content (AvgIpc) is 2.88. The van der Waals surface area contributed by atoms with E-state index in [1.165, 1.54) is 23.5 Å². The van der Waals surface area contributed by atoms with Crippen molar-refractivity contribution >= 4 is 23.5 Å². The normalized spacial score (nSPS) is 15.3. The van der Waals surface area contributed by atoms with Crippen molar-refractivity contribution in [3.63, 3.8) is 0 Å². The molecule has 1 aromatic heterocycles. The number of fused-ring (bicyclic) bond motifs is 1. The summed E-state index contributed by atoms with van der Waals surface area (Å²) in [6, 6.07) is 7.45. The van der Waals surface area contributed by atoms with Crippen molar-refractivity contribution in [2.45, 2.75) is 28.8 Å². The zero-order valence-corrected chi connectivity index (χ0v) is 14.2. The van der Waals surface area contributed by atoms with Gasteiger partial charge in [-0.25, -0.2) is 9.97 Å². The maximum Gasteiger partial charge on any atom is 0.290 e. The highest BCUT2D eigenvalue weighted by molar-refractivity contribution is 7.98. The van der Waals surface area contributed by atoms with E-state index in [2.05, 4.69) is 16.0 Å². The van der Waals surface area contributed by atoms with E-state index in [4.69, 9.17) is 5.26 Å². The van der Waals surface area contributed by atoms with Gasteiger partial charge in [-0.2, -0.15) is 14.0 Å². The molecule has 0 radical (unpaired) electrons. The Hall–Kier alpha value is -1.65. The highest BCUT2D eigenvalue weighted by Gasteiger charge is 2.43. The van der Waals surface area contributed by atoms with E-state index < -0.39 is 5.92 Å². The topological polar surface area (TPSA) is 49.6 Å². The van der Waals surface area contributed by atoms with Crippen LogP contribution in [0.3, 0.4) is 0 Å². The lowest BCUT2D eigenvalue weighted by molar-refractivity contribution is -0.00650. The Morgan fingerprint density at radius 1 is 1.22 bits per heavy atom. The van der Waals surface area contributed by atoms with Gasteiger partial charge in [-0.15, -0.1) is 11.8 Å². The predicted octanol–water partition coefficient (Wildman–Crippen LogP) is 4.50. The molecule has 1 aliphatic carbocycles. The molecule has 0 fully saturated rings. The van der Waals surface area contributed by atoms with E-state index in [0.717, 1.165) is 10.5 Å². The minimum atomic E-state index is -2.90. The first-order valence-corrected chi connectivity index (χ1v) is 9.37. The maximum atomic E-state index is 14.1. The Morgan fingerprint density at radius 3 is 2.65 bits per heavy atom. The zero-order chi connectivity index (χ0) is 16.6. The molecule has 0 aliphatic heterocycles. The Morgan fingerprint density at radius 2 is 2.00 bits per heavy atom. The summed E-state index contributed by atoms with van der Waals surface area (Å²) in [6.45, 7) is 0. The van der Waals surface area contributed by atoms with Crippen LogP contribution in [0.5, 0.6) is 0 Å². The van der Waals surface area contributed by atoms with E-state index in [0.29, 0.717) is 22.0 Å². The van der Waals surface area contributed by atoms with E-state index in [-0.39, 0.29) is 18.5 Å². The Balaban J connectivity index is 2.22. The van der Waals surface area contributed by atoms with E-state index in [9.17, 15) is 8.78 Å². The monoisotopic (exact) mass is 349 g/mol. The molecule has 1 aliphatic rings. The van der Waals surface area contributed by atoms with Gasteiger partial charge in [0, 0.05) is 22.4 Å². The highest BCUT2D eigenvalue weighted by Crippen LogP contribution is 2.44. The van der Waals surface area contributed by atoms with E-state index in [1.54, 1.807) is 18.4 Å². The molecule has 0 N–H and O–H groups in total. The number of hydrogen-bond acceptors (Lipinski definition) is 5. The molecular formula is C16H13F2N3S2. The number of hydrogen-bond donors (Lipinski definition) is 0. The molecule has 7 heteroatoms. The second kappa shape index (κ2) is 6.10. The Bertz CT molecular complexity index is 816. The minimum absolute atomic E-state index is 0.151. The summed E-state index contributed by atoms with van der Waals surface area (Å²) in [5, 5.41) is 9.47. The SMILES string of the molecule is CSc1nc(-c2ccc(C#N)c(SC)c2)c2c(n1)C(F)(F)CC2. The molecule has 118 valence electrons. The van der Waals surface area contributed by atoms with Gasteiger partial charge in [0.25, 0.3) is 5.92 Å². The van der Waals surface area contributed by atoms with Crippen molar-refractivity contribution < 1.29 is 8.78 Å².